The minimum atomic E-state index is 0.0627. The van der Waals surface area contributed by atoms with Gasteiger partial charge in [0.15, 0.2) is 0 Å². The van der Waals surface area contributed by atoms with Crippen LogP contribution in [0, 0.1) is 5.92 Å². The Bertz CT molecular complexity index is 371. The van der Waals surface area contributed by atoms with E-state index >= 15 is 0 Å². The van der Waals surface area contributed by atoms with Gasteiger partial charge in [0.1, 0.15) is 0 Å². The van der Waals surface area contributed by atoms with Crippen LogP contribution in [0.15, 0.2) is 0 Å². The summed E-state index contributed by atoms with van der Waals surface area (Å²) < 4.78 is 0. The lowest BCUT2D eigenvalue weighted by Crippen LogP contribution is -2.48. The smallest absolute Gasteiger partial charge is 0.227 e. The lowest BCUT2D eigenvalue weighted by molar-refractivity contribution is -0.143. The maximum absolute atomic E-state index is 12.7. The normalized spacial score (nSPS) is 29.0. The Morgan fingerprint density at radius 1 is 0.950 bits per heavy atom. The number of piperidine rings is 1. The van der Waals surface area contributed by atoms with Crippen molar-refractivity contribution >= 4 is 11.8 Å². The molecule has 0 bridgehead atoms. The molecule has 1 atom stereocenters. The lowest BCUT2D eigenvalue weighted by atomic mass is 9.95. The van der Waals surface area contributed by atoms with Crippen molar-refractivity contribution in [1.29, 1.82) is 0 Å². The van der Waals surface area contributed by atoms with Gasteiger partial charge in [0.2, 0.25) is 11.8 Å². The molecule has 0 aromatic carbocycles. The quantitative estimate of drug-likeness (QED) is 0.777. The van der Waals surface area contributed by atoms with E-state index in [1.165, 1.54) is 19.3 Å². The second-order valence-corrected chi connectivity index (χ2v) is 6.61. The summed E-state index contributed by atoms with van der Waals surface area (Å²) in [6.07, 6.45) is 9.70. The number of likely N-dealkylation sites (tertiary alicyclic amines) is 2. The van der Waals surface area contributed by atoms with Gasteiger partial charge in [-0.05, 0) is 32.1 Å². The fraction of sp³-hybridized carbons (Fsp3) is 0.875. The molecule has 0 aromatic heterocycles. The van der Waals surface area contributed by atoms with Gasteiger partial charge in [0.25, 0.3) is 0 Å². The zero-order valence-corrected chi connectivity index (χ0v) is 12.4. The number of amides is 2. The van der Waals surface area contributed by atoms with E-state index in [1.54, 1.807) is 0 Å². The summed E-state index contributed by atoms with van der Waals surface area (Å²) >= 11 is 0. The van der Waals surface area contributed by atoms with Crippen molar-refractivity contribution in [1.82, 2.24) is 9.80 Å². The van der Waals surface area contributed by atoms with Crippen LogP contribution in [0.5, 0.6) is 0 Å². The van der Waals surface area contributed by atoms with Gasteiger partial charge in [-0.1, -0.05) is 19.3 Å². The standard InChI is InChI=1S/C16H26N2O2/c19-15-9-6-13(12-18(15)14-7-8-14)16(20)17-10-4-2-1-3-5-11-17/h13-14H,1-12H2/t13-/m0/s1. The Hall–Kier alpha value is -1.06. The molecule has 112 valence electrons. The number of carbonyl (C=O) groups excluding carboxylic acids is 2. The van der Waals surface area contributed by atoms with Crippen molar-refractivity contribution in [2.45, 2.75) is 63.8 Å². The van der Waals surface area contributed by atoms with E-state index in [4.69, 9.17) is 0 Å². The van der Waals surface area contributed by atoms with Gasteiger partial charge < -0.3 is 9.80 Å². The minimum absolute atomic E-state index is 0.0627. The van der Waals surface area contributed by atoms with Crippen LogP contribution in [-0.4, -0.2) is 47.3 Å². The van der Waals surface area contributed by atoms with Crippen LogP contribution < -0.4 is 0 Å². The minimum Gasteiger partial charge on any atom is -0.342 e. The van der Waals surface area contributed by atoms with Crippen LogP contribution in [0.4, 0.5) is 0 Å². The van der Waals surface area contributed by atoms with Gasteiger partial charge >= 0.3 is 0 Å². The number of nitrogens with zero attached hydrogens (tertiary/aromatic N) is 2. The zero-order chi connectivity index (χ0) is 13.9. The van der Waals surface area contributed by atoms with Crippen molar-refractivity contribution in [2.24, 2.45) is 5.92 Å². The first-order chi connectivity index (χ1) is 9.75. The molecular formula is C16H26N2O2. The molecular weight excluding hydrogens is 252 g/mol. The Morgan fingerprint density at radius 2 is 1.60 bits per heavy atom. The molecule has 2 amide bonds. The van der Waals surface area contributed by atoms with E-state index in [0.717, 1.165) is 45.2 Å². The van der Waals surface area contributed by atoms with Gasteiger partial charge in [-0.3, -0.25) is 9.59 Å². The van der Waals surface area contributed by atoms with E-state index in [-0.39, 0.29) is 11.8 Å². The molecule has 0 spiro atoms. The summed E-state index contributed by atoms with van der Waals surface area (Å²) in [6.45, 7) is 2.53. The second-order valence-electron chi connectivity index (χ2n) is 6.61. The van der Waals surface area contributed by atoms with Gasteiger partial charge in [-0.25, -0.2) is 0 Å². The molecule has 0 radical (unpaired) electrons. The molecule has 1 aliphatic carbocycles. The van der Waals surface area contributed by atoms with E-state index in [9.17, 15) is 9.59 Å². The molecule has 1 saturated carbocycles. The van der Waals surface area contributed by atoms with Gasteiger partial charge in [0.05, 0.1) is 5.92 Å². The summed E-state index contributed by atoms with van der Waals surface area (Å²) in [5.41, 5.74) is 0. The van der Waals surface area contributed by atoms with Crippen molar-refractivity contribution in [2.75, 3.05) is 19.6 Å². The molecule has 0 aromatic rings. The Morgan fingerprint density at radius 3 is 2.25 bits per heavy atom. The summed E-state index contributed by atoms with van der Waals surface area (Å²) in [5.74, 6) is 0.641. The topological polar surface area (TPSA) is 40.6 Å². The summed E-state index contributed by atoms with van der Waals surface area (Å²) in [4.78, 5) is 28.7. The highest BCUT2D eigenvalue weighted by atomic mass is 16.2. The van der Waals surface area contributed by atoms with E-state index < -0.39 is 0 Å². The highest BCUT2D eigenvalue weighted by Gasteiger charge is 2.39. The van der Waals surface area contributed by atoms with Gasteiger partial charge in [-0.15, -0.1) is 0 Å². The zero-order valence-electron chi connectivity index (χ0n) is 12.4. The highest BCUT2D eigenvalue weighted by Crippen LogP contribution is 2.32. The fourth-order valence-electron chi connectivity index (χ4n) is 3.54. The molecule has 0 unspecified atom stereocenters. The number of hydrogen-bond donors (Lipinski definition) is 0. The molecule has 2 aliphatic heterocycles. The van der Waals surface area contributed by atoms with Crippen molar-refractivity contribution < 1.29 is 9.59 Å². The maximum Gasteiger partial charge on any atom is 0.227 e. The third kappa shape index (κ3) is 3.15. The molecule has 2 heterocycles. The van der Waals surface area contributed by atoms with E-state index in [2.05, 4.69) is 4.90 Å². The Balaban J connectivity index is 1.59. The van der Waals surface area contributed by atoms with Crippen molar-refractivity contribution in [3.8, 4) is 0 Å². The molecule has 0 N–H and O–H groups in total. The molecule has 2 saturated heterocycles. The largest absolute Gasteiger partial charge is 0.342 e. The molecule has 20 heavy (non-hydrogen) atoms. The third-order valence-electron chi connectivity index (χ3n) is 4.95. The molecule has 3 aliphatic rings. The molecule has 4 nitrogen and oxygen atoms in total. The van der Waals surface area contributed by atoms with Crippen LogP contribution in [-0.2, 0) is 9.59 Å². The average Bonchev–Trinajstić information content (AvgIpc) is 3.22. The predicted octanol–water partition coefficient (Wildman–Crippen LogP) is 2.18. The SMILES string of the molecule is O=C([C@H]1CCC(=O)N(C2CC2)C1)N1CCCCCCC1. The van der Waals surface area contributed by atoms with Crippen LogP contribution in [0.2, 0.25) is 0 Å². The summed E-state index contributed by atoms with van der Waals surface area (Å²) in [5, 5.41) is 0. The van der Waals surface area contributed by atoms with Crippen molar-refractivity contribution in [3.63, 3.8) is 0 Å². The molecule has 4 heteroatoms. The first-order valence-electron chi connectivity index (χ1n) is 8.34. The Labute approximate surface area is 121 Å². The van der Waals surface area contributed by atoms with Gasteiger partial charge in [0, 0.05) is 32.1 Å². The van der Waals surface area contributed by atoms with E-state index in [1.807, 2.05) is 4.90 Å². The van der Waals surface area contributed by atoms with Crippen molar-refractivity contribution in [3.05, 3.63) is 0 Å². The van der Waals surface area contributed by atoms with Crippen LogP contribution >= 0.6 is 0 Å². The van der Waals surface area contributed by atoms with Crippen LogP contribution in [0.25, 0.3) is 0 Å². The predicted molar refractivity (Wildman–Crippen MR) is 77.1 cm³/mol. The third-order valence-corrected chi connectivity index (χ3v) is 4.95. The average molecular weight is 278 g/mol. The molecule has 3 rings (SSSR count). The fourth-order valence-corrected chi connectivity index (χ4v) is 3.54. The molecule has 3 fully saturated rings. The summed E-state index contributed by atoms with van der Waals surface area (Å²) in [7, 11) is 0. The van der Waals surface area contributed by atoms with Crippen LogP contribution in [0.3, 0.4) is 0 Å². The van der Waals surface area contributed by atoms with E-state index in [0.29, 0.717) is 24.9 Å². The first-order valence-corrected chi connectivity index (χ1v) is 8.34. The Kier molecular flexibility index (Phi) is 4.27. The lowest BCUT2D eigenvalue weighted by Gasteiger charge is -2.35. The maximum atomic E-state index is 12.7. The summed E-state index contributed by atoms with van der Waals surface area (Å²) in [6, 6.07) is 0.449. The number of rotatable bonds is 2. The van der Waals surface area contributed by atoms with Gasteiger partial charge in [-0.2, -0.15) is 0 Å². The first kappa shape index (κ1) is 13.9. The van der Waals surface area contributed by atoms with Crippen LogP contribution in [0.1, 0.15) is 57.8 Å². The highest BCUT2D eigenvalue weighted by molar-refractivity contribution is 5.84. The second kappa shape index (κ2) is 6.15. The number of hydrogen-bond acceptors (Lipinski definition) is 2. The number of carbonyl (C=O) groups is 2. The monoisotopic (exact) mass is 278 g/mol.